The van der Waals surface area contributed by atoms with Crippen LogP contribution in [0.15, 0.2) is 58.1 Å². The number of anilines is 1. The van der Waals surface area contributed by atoms with Gasteiger partial charge in [0.15, 0.2) is 21.2 Å². The zero-order valence-electron chi connectivity index (χ0n) is 12.8. The Morgan fingerprint density at radius 1 is 1.04 bits per heavy atom. The molecule has 2 aromatic carbocycles. The molecule has 3 aromatic rings. The number of H-pyrrole nitrogens is 2. The van der Waals surface area contributed by atoms with Crippen LogP contribution in [0, 0.1) is 3.57 Å². The normalized spacial score (nSPS) is 10.7. The van der Waals surface area contributed by atoms with Crippen molar-refractivity contribution in [3.05, 3.63) is 78.6 Å². The number of nitrogens with one attached hydrogen (secondary N) is 2. The van der Waals surface area contributed by atoms with Gasteiger partial charge in [0.05, 0.1) is 5.69 Å². The van der Waals surface area contributed by atoms with E-state index >= 15 is 0 Å². The molecule has 1 heterocycles. The van der Waals surface area contributed by atoms with E-state index in [2.05, 4.69) is 10.2 Å². The lowest BCUT2D eigenvalue weighted by molar-refractivity contribution is 0.648. The van der Waals surface area contributed by atoms with Crippen LogP contribution in [0.2, 0.25) is 0 Å². The fourth-order valence-corrected chi connectivity index (χ4v) is 3.33. The highest BCUT2D eigenvalue weighted by atomic mass is 127. The van der Waals surface area contributed by atoms with Crippen molar-refractivity contribution in [3.63, 3.8) is 0 Å². The highest BCUT2D eigenvalue weighted by molar-refractivity contribution is 14.1. The zero-order chi connectivity index (χ0) is 17.1. The van der Waals surface area contributed by atoms with E-state index in [0.29, 0.717) is 12.2 Å². The largest absolute Gasteiger partial charge is 0.370 e. The third kappa shape index (κ3) is 3.37. The van der Waals surface area contributed by atoms with Crippen LogP contribution >= 0.6 is 21.2 Å². The molecule has 8 heteroatoms. The van der Waals surface area contributed by atoms with E-state index < -0.39 is 32.6 Å². The van der Waals surface area contributed by atoms with Gasteiger partial charge in [0, 0.05) is 22.8 Å². The second kappa shape index (κ2) is 6.95. The summed E-state index contributed by atoms with van der Waals surface area (Å²) in [6.07, 6.45) is 0. The topological polar surface area (TPSA) is 91.0 Å². The van der Waals surface area contributed by atoms with E-state index in [1.165, 1.54) is 0 Å². The maximum atomic E-state index is 11.6. The number of aromatic nitrogens is 3. The van der Waals surface area contributed by atoms with Crippen LogP contribution in [-0.2, 0) is 9.61 Å². The quantitative estimate of drug-likeness (QED) is 0.597. The molecule has 7 nitrogen and oxygen atoms in total. The van der Waals surface area contributed by atoms with E-state index in [1.807, 2.05) is 48.3 Å². The highest BCUT2D eigenvalue weighted by Gasteiger charge is 2.07. The van der Waals surface area contributed by atoms with Crippen molar-refractivity contribution < 1.29 is 3.07 Å². The van der Waals surface area contributed by atoms with Gasteiger partial charge in [0.1, 0.15) is 0 Å². The summed E-state index contributed by atoms with van der Waals surface area (Å²) in [5.74, 6) is 0. The molecule has 0 saturated heterocycles. The van der Waals surface area contributed by atoms with Crippen molar-refractivity contribution in [2.24, 2.45) is 0 Å². The summed E-state index contributed by atoms with van der Waals surface area (Å²) >= 11 is -1.16. The number of rotatable bonds is 5. The lowest BCUT2D eigenvalue weighted by Crippen LogP contribution is -2.24. The van der Waals surface area contributed by atoms with Crippen molar-refractivity contribution in [1.29, 1.82) is 0 Å². The molecule has 0 atom stereocenters. The van der Waals surface area contributed by atoms with Crippen LogP contribution < -0.4 is 16.3 Å². The van der Waals surface area contributed by atoms with Crippen LogP contribution in [0.25, 0.3) is 5.69 Å². The summed E-state index contributed by atoms with van der Waals surface area (Å²) in [4.78, 5) is 25.2. The summed E-state index contributed by atoms with van der Waals surface area (Å²) < 4.78 is 13.0. The molecule has 0 aliphatic rings. The number of hydrogen-bond acceptors (Lipinski definition) is 4. The standard InChI is InChI=1S/C16H15IN4O3/c1-20(10-11-3-2-4-12(9-11)17-24)13-5-7-14(8-6-13)21-15(22)18-19-16(21)23/h2-9H,10H2,1H3,(H,18,22)(H,19,23). The van der Waals surface area contributed by atoms with E-state index in [9.17, 15) is 12.7 Å². The van der Waals surface area contributed by atoms with Crippen LogP contribution in [0.3, 0.4) is 0 Å². The van der Waals surface area contributed by atoms with Gasteiger partial charge in [-0.3, -0.25) is 3.07 Å². The third-order valence-electron chi connectivity index (χ3n) is 3.63. The molecule has 3 rings (SSSR count). The average Bonchev–Trinajstić information content (AvgIpc) is 2.94. The minimum atomic E-state index is -1.16. The van der Waals surface area contributed by atoms with Gasteiger partial charge in [0.25, 0.3) is 0 Å². The molecule has 0 fully saturated rings. The molecule has 0 aliphatic carbocycles. The summed E-state index contributed by atoms with van der Waals surface area (Å²) in [5, 5.41) is 4.51. The van der Waals surface area contributed by atoms with Gasteiger partial charge in [-0.25, -0.2) is 24.4 Å². The van der Waals surface area contributed by atoms with Gasteiger partial charge in [-0.2, -0.15) is 0 Å². The number of hydrogen-bond donors (Lipinski definition) is 2. The number of benzene rings is 2. The Labute approximate surface area is 147 Å². The Morgan fingerprint density at radius 2 is 1.71 bits per heavy atom. The van der Waals surface area contributed by atoms with E-state index in [0.717, 1.165) is 19.4 Å². The van der Waals surface area contributed by atoms with Gasteiger partial charge < -0.3 is 4.90 Å². The molecule has 0 aliphatic heterocycles. The second-order valence-corrected chi connectivity index (χ2v) is 6.96. The Balaban J connectivity index is 1.81. The Hall–Kier alpha value is -2.49. The summed E-state index contributed by atoms with van der Waals surface area (Å²) in [6.45, 7) is 0.668. The van der Waals surface area contributed by atoms with Gasteiger partial charge in [-0.05, 0) is 42.0 Å². The third-order valence-corrected chi connectivity index (χ3v) is 4.81. The first kappa shape index (κ1) is 16.4. The zero-order valence-corrected chi connectivity index (χ0v) is 15.0. The number of aromatic amines is 2. The lowest BCUT2D eigenvalue weighted by Gasteiger charge is -2.19. The average molecular weight is 438 g/mol. The van der Waals surface area contributed by atoms with Crippen molar-refractivity contribution in [2.75, 3.05) is 11.9 Å². The summed E-state index contributed by atoms with van der Waals surface area (Å²) in [6, 6.07) is 14.8. The van der Waals surface area contributed by atoms with Crippen LogP contribution in [0.5, 0.6) is 0 Å². The molecule has 0 radical (unpaired) electrons. The van der Waals surface area contributed by atoms with Crippen LogP contribution in [0.4, 0.5) is 5.69 Å². The first-order valence-electron chi connectivity index (χ1n) is 7.16. The monoisotopic (exact) mass is 438 g/mol. The predicted octanol–water partition coefficient (Wildman–Crippen LogP) is 1.98. The first-order chi connectivity index (χ1) is 11.6. The molecule has 124 valence electrons. The fourth-order valence-electron chi connectivity index (χ4n) is 2.45. The first-order valence-corrected chi connectivity index (χ1v) is 9.12. The SMILES string of the molecule is CN(Cc1cccc(I=O)c1)c1ccc(-n2c(=O)[nH][nH]c2=O)cc1. The fraction of sp³-hybridized carbons (Fsp3) is 0.125. The van der Waals surface area contributed by atoms with Gasteiger partial charge in [0.2, 0.25) is 0 Å². The second-order valence-electron chi connectivity index (χ2n) is 5.28. The van der Waals surface area contributed by atoms with Crippen molar-refractivity contribution >= 4 is 26.9 Å². The van der Waals surface area contributed by atoms with E-state index in [1.54, 1.807) is 12.1 Å². The smallest absolute Gasteiger partial charge is 0.348 e. The van der Waals surface area contributed by atoms with Gasteiger partial charge in [-0.15, -0.1) is 0 Å². The van der Waals surface area contributed by atoms with Crippen molar-refractivity contribution in [3.8, 4) is 5.69 Å². The maximum Gasteiger partial charge on any atom is 0.348 e. The molecule has 1 aromatic heterocycles. The minimum Gasteiger partial charge on any atom is -0.370 e. The minimum absolute atomic E-state index is 0.498. The van der Waals surface area contributed by atoms with Crippen molar-refractivity contribution in [2.45, 2.75) is 6.54 Å². The molecule has 0 spiro atoms. The Kier molecular flexibility index (Phi) is 4.74. The number of nitrogens with zero attached hydrogens (tertiary/aromatic N) is 2. The van der Waals surface area contributed by atoms with Crippen LogP contribution in [0.1, 0.15) is 5.56 Å². The molecule has 0 saturated carbocycles. The molecule has 2 N–H and O–H groups in total. The maximum absolute atomic E-state index is 11.6. The van der Waals surface area contributed by atoms with Crippen LogP contribution in [-0.4, -0.2) is 21.8 Å². The lowest BCUT2D eigenvalue weighted by atomic mass is 10.2. The molecule has 0 bridgehead atoms. The van der Waals surface area contributed by atoms with Gasteiger partial charge >= 0.3 is 11.4 Å². The molecule has 0 amide bonds. The van der Waals surface area contributed by atoms with Gasteiger partial charge in [-0.1, -0.05) is 12.1 Å². The molecular weight excluding hydrogens is 423 g/mol. The molecule has 24 heavy (non-hydrogen) atoms. The summed E-state index contributed by atoms with van der Waals surface area (Å²) in [7, 11) is 1.95. The Bertz CT molecular complexity index is 944. The predicted molar refractivity (Wildman–Crippen MR) is 99.0 cm³/mol. The highest BCUT2D eigenvalue weighted by Crippen LogP contribution is 2.19. The Morgan fingerprint density at radius 3 is 2.33 bits per heavy atom. The number of halogens is 1. The van der Waals surface area contributed by atoms with Crippen molar-refractivity contribution in [1.82, 2.24) is 14.8 Å². The van der Waals surface area contributed by atoms with E-state index in [-0.39, 0.29) is 0 Å². The molecular formula is C16H15IN4O3. The van der Waals surface area contributed by atoms with E-state index in [4.69, 9.17) is 0 Å². The summed E-state index contributed by atoms with van der Waals surface area (Å²) in [5.41, 5.74) is 1.52. The molecule has 0 unspecified atom stereocenters.